The smallest absolute Gasteiger partial charge is 0.292 e. The molecule has 5 N–H and O–H groups in total. The quantitative estimate of drug-likeness (QED) is 0.225. The van der Waals surface area contributed by atoms with Crippen LogP contribution in [0, 0.1) is 0 Å². The lowest BCUT2D eigenvalue weighted by Crippen LogP contribution is -2.46. The summed E-state index contributed by atoms with van der Waals surface area (Å²) >= 11 is 0. The van der Waals surface area contributed by atoms with E-state index >= 15 is 0 Å². The first-order valence-corrected chi connectivity index (χ1v) is 13.7. The Bertz CT molecular complexity index is 1670. The fourth-order valence-electron chi connectivity index (χ4n) is 5.04. The van der Waals surface area contributed by atoms with E-state index in [9.17, 15) is 4.79 Å². The fourth-order valence-corrected chi connectivity index (χ4v) is 5.04. The molecule has 0 unspecified atom stereocenters. The number of benzene rings is 1. The molecule has 1 aromatic carbocycles. The van der Waals surface area contributed by atoms with Crippen molar-refractivity contribution in [3.8, 4) is 11.3 Å². The molecule has 0 atom stereocenters. The lowest BCUT2D eigenvalue weighted by Gasteiger charge is -2.33. The number of aromatic nitrogens is 7. The van der Waals surface area contributed by atoms with Gasteiger partial charge in [0.1, 0.15) is 23.4 Å². The van der Waals surface area contributed by atoms with Gasteiger partial charge in [-0.3, -0.25) is 4.79 Å². The van der Waals surface area contributed by atoms with Gasteiger partial charge in [-0.15, -0.1) is 0 Å². The highest BCUT2D eigenvalue weighted by Gasteiger charge is 2.19. The Kier molecular flexibility index (Phi) is 7.29. The van der Waals surface area contributed by atoms with E-state index < -0.39 is 0 Å². The molecule has 5 heterocycles. The van der Waals surface area contributed by atoms with Gasteiger partial charge in [-0.25, -0.2) is 24.6 Å². The van der Waals surface area contributed by atoms with E-state index in [-0.39, 0.29) is 11.9 Å². The molecule has 14 nitrogen and oxygen atoms in total. The van der Waals surface area contributed by atoms with Crippen LogP contribution in [-0.2, 0) is 6.54 Å². The zero-order chi connectivity index (χ0) is 28.3. The molecule has 212 valence electrons. The monoisotopic (exact) mass is 556 g/mol. The van der Waals surface area contributed by atoms with Crippen LogP contribution in [0.1, 0.15) is 30.1 Å². The second kappa shape index (κ2) is 11.3. The molecule has 4 aromatic heterocycles. The second-order valence-corrected chi connectivity index (χ2v) is 9.92. The molecule has 41 heavy (non-hydrogen) atoms. The van der Waals surface area contributed by atoms with Crippen molar-refractivity contribution in [2.75, 3.05) is 55.6 Å². The van der Waals surface area contributed by atoms with E-state index in [4.69, 9.17) is 21.0 Å². The SMILES string of the molecule is CCN1CCN(c2ncc(C(=O)NCCCCn3nc(-c4ccc5oc(N)nc5c4)c4c(N)ncnc43)cn2)CC1. The Labute approximate surface area is 235 Å². The van der Waals surface area contributed by atoms with Crippen molar-refractivity contribution in [3.63, 3.8) is 0 Å². The molecule has 1 amide bonds. The summed E-state index contributed by atoms with van der Waals surface area (Å²) in [4.78, 5) is 38.8. The summed E-state index contributed by atoms with van der Waals surface area (Å²) in [5, 5.41) is 8.43. The number of rotatable bonds is 9. The maximum absolute atomic E-state index is 12.6. The van der Waals surface area contributed by atoms with E-state index in [1.165, 1.54) is 6.33 Å². The van der Waals surface area contributed by atoms with Gasteiger partial charge in [-0.2, -0.15) is 10.1 Å². The first-order valence-electron chi connectivity index (χ1n) is 13.7. The van der Waals surface area contributed by atoms with Gasteiger partial charge < -0.3 is 31.0 Å². The van der Waals surface area contributed by atoms with Crippen LogP contribution < -0.4 is 21.7 Å². The predicted molar refractivity (Wildman–Crippen MR) is 155 cm³/mol. The van der Waals surface area contributed by atoms with E-state index in [0.29, 0.717) is 58.2 Å². The van der Waals surface area contributed by atoms with Gasteiger partial charge in [0.15, 0.2) is 11.2 Å². The summed E-state index contributed by atoms with van der Waals surface area (Å²) in [6.45, 7) is 8.07. The zero-order valence-electron chi connectivity index (χ0n) is 22.8. The number of oxazole rings is 1. The second-order valence-electron chi connectivity index (χ2n) is 9.92. The van der Waals surface area contributed by atoms with Crippen LogP contribution in [0.15, 0.2) is 41.3 Å². The number of aryl methyl sites for hydroxylation is 1. The van der Waals surface area contributed by atoms with Crippen LogP contribution in [-0.4, -0.2) is 84.8 Å². The van der Waals surface area contributed by atoms with Crippen molar-refractivity contribution >= 4 is 45.8 Å². The number of amides is 1. The fraction of sp³-hybridized carbons (Fsp3) is 0.370. The Balaban J connectivity index is 1.05. The van der Waals surface area contributed by atoms with Gasteiger partial charge in [-0.1, -0.05) is 6.92 Å². The van der Waals surface area contributed by atoms with Crippen LogP contribution in [0.3, 0.4) is 0 Å². The number of anilines is 3. The zero-order valence-corrected chi connectivity index (χ0v) is 22.8. The van der Waals surface area contributed by atoms with Gasteiger partial charge in [0.2, 0.25) is 5.95 Å². The van der Waals surface area contributed by atoms with E-state index in [1.54, 1.807) is 18.5 Å². The molecular weight excluding hydrogens is 524 g/mol. The third-order valence-corrected chi connectivity index (χ3v) is 7.32. The van der Waals surface area contributed by atoms with Crippen molar-refractivity contribution in [1.29, 1.82) is 0 Å². The van der Waals surface area contributed by atoms with Gasteiger partial charge in [0, 0.05) is 57.2 Å². The van der Waals surface area contributed by atoms with Crippen LogP contribution in [0.2, 0.25) is 0 Å². The predicted octanol–water partition coefficient (Wildman–Crippen LogP) is 1.94. The lowest BCUT2D eigenvalue weighted by atomic mass is 10.1. The first kappa shape index (κ1) is 26.4. The molecule has 1 aliphatic rings. The highest BCUT2D eigenvalue weighted by molar-refractivity contribution is 5.99. The Morgan fingerprint density at radius 2 is 1.85 bits per heavy atom. The molecule has 6 rings (SSSR count). The van der Waals surface area contributed by atoms with E-state index in [0.717, 1.165) is 51.1 Å². The maximum atomic E-state index is 12.6. The normalized spacial score (nSPS) is 14.2. The standard InChI is InChI=1S/C27H32N12O2/c1-2-37-9-11-38(12-10-37)27-31-14-18(15-32-27)25(40)30-7-3-4-8-39-24-21(23(28)33-16-34-24)22(36-39)17-5-6-20-19(13-17)35-26(29)41-20/h5-6,13-16H,2-4,7-12H2,1H3,(H2,29,35)(H,30,40)(H2,28,33,34). The topological polar surface area (TPSA) is 183 Å². The van der Waals surface area contributed by atoms with E-state index in [1.807, 2.05) is 16.8 Å². The van der Waals surface area contributed by atoms with Gasteiger partial charge in [0.05, 0.1) is 10.9 Å². The Hall–Kier alpha value is -4.85. The molecule has 14 heteroatoms. The molecule has 0 radical (unpaired) electrons. The number of carbonyl (C=O) groups is 1. The first-order chi connectivity index (χ1) is 20.0. The largest absolute Gasteiger partial charge is 0.424 e. The number of likely N-dealkylation sites (N-methyl/N-ethyl adjacent to an activating group) is 1. The highest BCUT2D eigenvalue weighted by atomic mass is 16.4. The Morgan fingerprint density at radius 3 is 2.63 bits per heavy atom. The van der Waals surface area contributed by atoms with Crippen molar-refractivity contribution < 1.29 is 9.21 Å². The maximum Gasteiger partial charge on any atom is 0.292 e. The summed E-state index contributed by atoms with van der Waals surface area (Å²) in [6.07, 6.45) is 6.12. The van der Waals surface area contributed by atoms with Gasteiger partial charge >= 0.3 is 0 Å². The molecule has 1 saturated heterocycles. The summed E-state index contributed by atoms with van der Waals surface area (Å²) < 4.78 is 7.20. The molecule has 0 bridgehead atoms. The van der Waals surface area contributed by atoms with Crippen LogP contribution in [0.5, 0.6) is 0 Å². The number of nitrogens with zero attached hydrogens (tertiary/aromatic N) is 9. The number of nitrogens with two attached hydrogens (primary N) is 2. The summed E-state index contributed by atoms with van der Waals surface area (Å²) in [6, 6.07) is 5.64. The van der Waals surface area contributed by atoms with Gasteiger partial charge in [-0.05, 0) is 37.6 Å². The number of nitrogens with one attached hydrogen (secondary N) is 1. The molecule has 0 spiro atoms. The summed E-state index contributed by atoms with van der Waals surface area (Å²) in [5.41, 5.74) is 15.7. The Morgan fingerprint density at radius 1 is 1.05 bits per heavy atom. The van der Waals surface area contributed by atoms with E-state index in [2.05, 4.69) is 47.0 Å². The van der Waals surface area contributed by atoms with Crippen LogP contribution in [0.25, 0.3) is 33.4 Å². The number of fused-ring (bicyclic) bond motifs is 2. The number of nitrogen functional groups attached to an aromatic ring is 2. The average Bonchev–Trinajstić information content (AvgIpc) is 3.57. The minimum Gasteiger partial charge on any atom is -0.424 e. The number of hydrogen-bond acceptors (Lipinski definition) is 12. The third kappa shape index (κ3) is 5.45. The number of carbonyl (C=O) groups excluding carboxylic acids is 1. The molecule has 1 fully saturated rings. The minimum atomic E-state index is -0.191. The van der Waals surface area contributed by atoms with Crippen molar-refractivity contribution in [2.24, 2.45) is 0 Å². The molecule has 5 aromatic rings. The number of unbranched alkanes of at least 4 members (excludes halogenated alkanes) is 1. The molecule has 0 aliphatic carbocycles. The summed E-state index contributed by atoms with van der Waals surface area (Å²) in [7, 11) is 0. The van der Waals surface area contributed by atoms with Crippen molar-refractivity contribution in [2.45, 2.75) is 26.3 Å². The van der Waals surface area contributed by atoms with Crippen molar-refractivity contribution in [1.82, 2.24) is 44.9 Å². The number of piperazine rings is 1. The minimum absolute atomic E-state index is 0.105. The average molecular weight is 557 g/mol. The third-order valence-electron chi connectivity index (χ3n) is 7.32. The number of hydrogen-bond donors (Lipinski definition) is 3. The van der Waals surface area contributed by atoms with Crippen LogP contribution in [0.4, 0.5) is 17.8 Å². The molecular formula is C27H32N12O2. The van der Waals surface area contributed by atoms with Crippen molar-refractivity contribution in [3.05, 3.63) is 42.5 Å². The molecule has 1 aliphatic heterocycles. The highest BCUT2D eigenvalue weighted by Crippen LogP contribution is 2.32. The lowest BCUT2D eigenvalue weighted by molar-refractivity contribution is 0.0952. The molecule has 0 saturated carbocycles. The summed E-state index contributed by atoms with van der Waals surface area (Å²) in [5.74, 6) is 0.820. The van der Waals surface area contributed by atoms with Gasteiger partial charge in [0.25, 0.3) is 11.9 Å². The van der Waals surface area contributed by atoms with Crippen LogP contribution >= 0.6 is 0 Å².